The molecule has 0 aliphatic carbocycles. The second kappa shape index (κ2) is 10.9. The summed E-state index contributed by atoms with van der Waals surface area (Å²) in [5.41, 5.74) is 1.01. The molecule has 0 atom stereocenters. The normalized spacial score (nSPS) is 14.2. The second-order valence-corrected chi connectivity index (χ2v) is 4.53. The summed E-state index contributed by atoms with van der Waals surface area (Å²) in [6.07, 6.45) is 14.1. The van der Waals surface area contributed by atoms with Crippen LogP contribution in [0.2, 0.25) is 0 Å². The minimum absolute atomic E-state index is 0.703. The zero-order valence-electron chi connectivity index (χ0n) is 11.4. The van der Waals surface area contributed by atoms with Crippen molar-refractivity contribution in [3.63, 3.8) is 0 Å². The highest BCUT2D eigenvalue weighted by Gasteiger charge is 1.98. The van der Waals surface area contributed by atoms with Crippen LogP contribution in [0.25, 0.3) is 0 Å². The van der Waals surface area contributed by atoms with Crippen LogP contribution in [-0.2, 0) is 0 Å². The summed E-state index contributed by atoms with van der Waals surface area (Å²) in [6.45, 7) is 7.81. The summed E-state index contributed by atoms with van der Waals surface area (Å²) in [6, 6.07) is 0. The van der Waals surface area contributed by atoms with Gasteiger partial charge in [0.15, 0.2) is 5.84 Å². The number of allylic oxidation sites excluding steroid dienone is 5. The maximum atomic E-state index is 4.27. The van der Waals surface area contributed by atoms with E-state index in [4.69, 9.17) is 0 Å². The quantitative estimate of drug-likeness (QED) is 0.290. The van der Waals surface area contributed by atoms with Crippen molar-refractivity contribution in [1.29, 1.82) is 0 Å². The van der Waals surface area contributed by atoms with Gasteiger partial charge in [-0.3, -0.25) is 4.99 Å². The zero-order chi connectivity index (χ0) is 13.8. The molecule has 18 heavy (non-hydrogen) atoms. The third-order valence-electron chi connectivity index (χ3n) is 2.08. The summed E-state index contributed by atoms with van der Waals surface area (Å²) < 4.78 is 0.731. The lowest BCUT2D eigenvalue weighted by Crippen LogP contribution is -1.97. The molecule has 0 radical (unpaired) electrons. The van der Waals surface area contributed by atoms with Crippen LogP contribution in [0.1, 0.15) is 26.7 Å². The van der Waals surface area contributed by atoms with Crippen molar-refractivity contribution < 1.29 is 0 Å². The minimum atomic E-state index is 0.703. The third-order valence-corrected chi connectivity index (χ3v) is 2.28. The number of halogens is 1. The zero-order valence-corrected chi connectivity index (χ0v) is 12.9. The average molecular weight is 309 g/mol. The van der Waals surface area contributed by atoms with Gasteiger partial charge in [-0.2, -0.15) is 0 Å². The fourth-order valence-corrected chi connectivity index (χ4v) is 1.33. The molecule has 0 aromatic rings. The molecule has 0 bridgehead atoms. The summed E-state index contributed by atoms with van der Waals surface area (Å²) in [5.74, 6) is 0.703. The Kier molecular flexibility index (Phi) is 10.2. The van der Waals surface area contributed by atoms with Crippen LogP contribution < -0.4 is 0 Å². The van der Waals surface area contributed by atoms with E-state index in [1.54, 1.807) is 13.3 Å². The van der Waals surface area contributed by atoms with Crippen LogP contribution in [0.15, 0.2) is 57.0 Å². The van der Waals surface area contributed by atoms with Gasteiger partial charge in [0.2, 0.25) is 0 Å². The first-order valence-corrected chi connectivity index (χ1v) is 6.78. The van der Waals surface area contributed by atoms with E-state index in [0.29, 0.717) is 5.84 Å². The lowest BCUT2D eigenvalue weighted by atomic mass is 10.2. The predicted octanol–water partition coefficient (Wildman–Crippen LogP) is 4.85. The molecule has 0 aromatic heterocycles. The number of amidine groups is 1. The van der Waals surface area contributed by atoms with Gasteiger partial charge in [0.1, 0.15) is 0 Å². The molecule has 3 heteroatoms. The molecule has 0 fully saturated rings. The van der Waals surface area contributed by atoms with Gasteiger partial charge in [0.05, 0.1) is 0 Å². The summed E-state index contributed by atoms with van der Waals surface area (Å²) in [4.78, 5) is 8.43. The Morgan fingerprint density at radius 3 is 2.50 bits per heavy atom. The Morgan fingerprint density at radius 2 is 2.00 bits per heavy atom. The van der Waals surface area contributed by atoms with Gasteiger partial charge in [-0.05, 0) is 35.7 Å². The van der Waals surface area contributed by atoms with Crippen LogP contribution in [-0.4, -0.2) is 19.1 Å². The molecule has 0 aromatic carbocycles. The van der Waals surface area contributed by atoms with Gasteiger partial charge in [-0.15, -0.1) is 0 Å². The topological polar surface area (TPSA) is 24.7 Å². The van der Waals surface area contributed by atoms with Crippen molar-refractivity contribution in [2.75, 3.05) is 7.05 Å². The fraction of sp³-hybridized carbons (Fsp3) is 0.333. The first-order chi connectivity index (χ1) is 8.65. The van der Waals surface area contributed by atoms with E-state index in [9.17, 15) is 0 Å². The number of hydrogen-bond acceptors (Lipinski definition) is 1. The molecule has 0 saturated heterocycles. The summed E-state index contributed by atoms with van der Waals surface area (Å²) in [5, 5.41) is 0. The van der Waals surface area contributed by atoms with Crippen LogP contribution in [0.3, 0.4) is 0 Å². The maximum Gasteiger partial charge on any atom is 0.153 e. The molecule has 0 heterocycles. The standard InChI is InChI=1S/C15H21BrN2/c1-5-7-8-9-10-11-14(6-2)15(17-4)18-12-13(3)16/h6-8,10-12H,3,5,9H2,1-2,4H3/b8-7?,11-10-,14-6+,17-15?,18-12?. The van der Waals surface area contributed by atoms with Crippen LogP contribution >= 0.6 is 15.9 Å². The first-order valence-electron chi connectivity index (χ1n) is 5.99. The van der Waals surface area contributed by atoms with Crippen LogP contribution in [0.5, 0.6) is 0 Å². The minimum Gasteiger partial charge on any atom is -0.270 e. The Balaban J connectivity index is 4.66. The van der Waals surface area contributed by atoms with Gasteiger partial charge in [0, 0.05) is 23.3 Å². The fourth-order valence-electron chi connectivity index (χ4n) is 1.23. The van der Waals surface area contributed by atoms with E-state index in [0.717, 1.165) is 22.9 Å². The van der Waals surface area contributed by atoms with Crippen molar-refractivity contribution >= 4 is 28.0 Å². The largest absolute Gasteiger partial charge is 0.270 e. The molecule has 0 unspecified atom stereocenters. The lowest BCUT2D eigenvalue weighted by Gasteiger charge is -2.00. The maximum absolute atomic E-state index is 4.27. The smallest absolute Gasteiger partial charge is 0.153 e. The molecule has 0 rings (SSSR count). The number of hydrogen-bond donors (Lipinski definition) is 0. The molecule has 0 aliphatic heterocycles. The van der Waals surface area contributed by atoms with Gasteiger partial charge in [-0.1, -0.05) is 43.9 Å². The molecule has 98 valence electrons. The van der Waals surface area contributed by atoms with Crippen molar-refractivity contribution in [2.45, 2.75) is 26.7 Å². The number of nitrogens with zero attached hydrogens (tertiary/aromatic N) is 2. The van der Waals surface area contributed by atoms with E-state index in [1.807, 2.05) is 19.1 Å². The Bertz CT molecular complexity index is 399. The van der Waals surface area contributed by atoms with Crippen molar-refractivity contribution in [3.8, 4) is 0 Å². The van der Waals surface area contributed by atoms with Gasteiger partial charge in [-0.25, -0.2) is 4.99 Å². The van der Waals surface area contributed by atoms with Crippen molar-refractivity contribution in [2.24, 2.45) is 9.98 Å². The van der Waals surface area contributed by atoms with Crippen LogP contribution in [0.4, 0.5) is 0 Å². The second-order valence-electron chi connectivity index (χ2n) is 3.51. The summed E-state index contributed by atoms with van der Waals surface area (Å²) >= 11 is 3.24. The number of aliphatic imine (C=N–C) groups is 2. The van der Waals surface area contributed by atoms with E-state index in [2.05, 4.69) is 57.6 Å². The molecular formula is C15H21BrN2. The average Bonchev–Trinajstić information content (AvgIpc) is 2.36. The highest BCUT2D eigenvalue weighted by Crippen LogP contribution is 2.05. The lowest BCUT2D eigenvalue weighted by molar-refractivity contribution is 1.20. The Hall–Kier alpha value is -1.22. The SMILES string of the molecule is C=C(Br)C=NC(=NC)C(/C=C\CC=CCC)=C/C. The molecule has 0 aliphatic rings. The third kappa shape index (κ3) is 7.96. The van der Waals surface area contributed by atoms with Gasteiger partial charge >= 0.3 is 0 Å². The van der Waals surface area contributed by atoms with Crippen LogP contribution in [0, 0.1) is 0 Å². The number of rotatable bonds is 6. The molecular weight excluding hydrogens is 288 g/mol. The first kappa shape index (κ1) is 16.8. The van der Waals surface area contributed by atoms with Crippen molar-refractivity contribution in [1.82, 2.24) is 0 Å². The molecule has 0 spiro atoms. The van der Waals surface area contributed by atoms with E-state index in [1.165, 1.54) is 0 Å². The Morgan fingerprint density at radius 1 is 1.28 bits per heavy atom. The molecule has 0 amide bonds. The van der Waals surface area contributed by atoms with E-state index < -0.39 is 0 Å². The highest BCUT2D eigenvalue weighted by molar-refractivity contribution is 9.12. The molecule has 0 saturated carbocycles. The monoisotopic (exact) mass is 308 g/mol. The molecule has 0 N–H and O–H groups in total. The predicted molar refractivity (Wildman–Crippen MR) is 86.9 cm³/mol. The van der Waals surface area contributed by atoms with Crippen molar-refractivity contribution in [3.05, 3.63) is 47.0 Å². The van der Waals surface area contributed by atoms with E-state index in [-0.39, 0.29) is 0 Å². The Labute approximate surface area is 119 Å². The van der Waals surface area contributed by atoms with Gasteiger partial charge in [0.25, 0.3) is 0 Å². The summed E-state index contributed by atoms with van der Waals surface area (Å²) in [7, 11) is 1.73. The molecule has 2 nitrogen and oxygen atoms in total. The highest BCUT2D eigenvalue weighted by atomic mass is 79.9. The van der Waals surface area contributed by atoms with Gasteiger partial charge < -0.3 is 0 Å². The van der Waals surface area contributed by atoms with E-state index >= 15 is 0 Å².